The van der Waals surface area contributed by atoms with Gasteiger partial charge in [-0.1, -0.05) is 35.9 Å². The Morgan fingerprint density at radius 1 is 1.17 bits per heavy atom. The first-order valence-electron chi connectivity index (χ1n) is 10.3. The Hall–Kier alpha value is -2.23. The summed E-state index contributed by atoms with van der Waals surface area (Å²) in [5.41, 5.74) is 10.4. The highest BCUT2D eigenvalue weighted by atomic mass is 35.5. The summed E-state index contributed by atoms with van der Waals surface area (Å²) in [6, 6.07) is 11.4. The monoisotopic (exact) mass is 406 g/mol. The Labute approximate surface area is 177 Å². The van der Waals surface area contributed by atoms with Crippen LogP contribution in [-0.4, -0.2) is 30.9 Å². The SMILES string of the molecule is C=C(C)Cc1c(C)c2c3c(cc(C)n3C3COCC3N2C)c1-c1ccc(Cl)cc1. The molecule has 29 heavy (non-hydrogen) atoms. The van der Waals surface area contributed by atoms with Gasteiger partial charge in [0.2, 0.25) is 0 Å². The third kappa shape index (κ3) is 2.68. The molecule has 2 unspecified atom stereocenters. The molecule has 2 aliphatic rings. The van der Waals surface area contributed by atoms with Crippen LogP contribution in [-0.2, 0) is 11.2 Å². The molecule has 0 amide bonds. The highest BCUT2D eigenvalue weighted by Crippen LogP contribution is 2.49. The van der Waals surface area contributed by atoms with E-state index in [1.54, 1.807) is 0 Å². The van der Waals surface area contributed by atoms with E-state index in [9.17, 15) is 0 Å². The third-order valence-corrected chi connectivity index (χ3v) is 6.90. The normalized spacial score (nSPS) is 20.4. The molecule has 0 bridgehead atoms. The molecule has 5 rings (SSSR count). The van der Waals surface area contributed by atoms with Crippen LogP contribution >= 0.6 is 11.6 Å². The van der Waals surface area contributed by atoms with E-state index in [1.807, 2.05) is 12.1 Å². The fourth-order valence-corrected chi connectivity index (χ4v) is 5.52. The van der Waals surface area contributed by atoms with Gasteiger partial charge in [-0.3, -0.25) is 0 Å². The van der Waals surface area contributed by atoms with Crippen LogP contribution in [0.15, 0.2) is 42.5 Å². The van der Waals surface area contributed by atoms with E-state index in [0.29, 0.717) is 12.1 Å². The molecule has 2 aromatic carbocycles. The second kappa shape index (κ2) is 6.65. The van der Waals surface area contributed by atoms with Crippen molar-refractivity contribution in [3.05, 3.63) is 64.3 Å². The molecule has 150 valence electrons. The smallest absolute Gasteiger partial charge is 0.0799 e. The molecule has 0 aliphatic carbocycles. The van der Waals surface area contributed by atoms with Crippen LogP contribution in [0, 0.1) is 13.8 Å². The molecule has 3 nitrogen and oxygen atoms in total. The largest absolute Gasteiger partial charge is 0.377 e. The predicted octanol–water partition coefficient (Wildman–Crippen LogP) is 6.09. The summed E-state index contributed by atoms with van der Waals surface area (Å²) in [7, 11) is 2.23. The first kappa shape index (κ1) is 18.8. The second-order valence-corrected chi connectivity index (χ2v) is 9.11. The molecule has 0 spiro atoms. The molecular formula is C25H27ClN2O. The number of aryl methyl sites for hydroxylation is 1. The molecule has 1 fully saturated rings. The zero-order chi connectivity index (χ0) is 20.4. The highest BCUT2D eigenvalue weighted by Gasteiger charge is 2.41. The van der Waals surface area contributed by atoms with Gasteiger partial charge in [-0.15, -0.1) is 0 Å². The average Bonchev–Trinajstić information content (AvgIpc) is 3.27. The van der Waals surface area contributed by atoms with Crippen molar-refractivity contribution in [2.45, 2.75) is 39.3 Å². The van der Waals surface area contributed by atoms with Gasteiger partial charge in [0.05, 0.1) is 36.5 Å². The lowest BCUT2D eigenvalue weighted by Gasteiger charge is -2.39. The van der Waals surface area contributed by atoms with Crippen LogP contribution in [0.25, 0.3) is 22.0 Å². The fourth-order valence-electron chi connectivity index (χ4n) is 5.40. The Morgan fingerprint density at radius 2 is 1.86 bits per heavy atom. The van der Waals surface area contributed by atoms with Crippen LogP contribution in [0.5, 0.6) is 0 Å². The van der Waals surface area contributed by atoms with E-state index in [1.165, 1.54) is 50.1 Å². The van der Waals surface area contributed by atoms with Crippen molar-refractivity contribution < 1.29 is 4.74 Å². The third-order valence-electron chi connectivity index (χ3n) is 6.65. The number of rotatable bonds is 3. The van der Waals surface area contributed by atoms with Gasteiger partial charge < -0.3 is 14.2 Å². The molecule has 3 heterocycles. The number of benzene rings is 2. The minimum absolute atomic E-state index is 0.370. The van der Waals surface area contributed by atoms with Crippen LogP contribution in [0.1, 0.15) is 29.8 Å². The summed E-state index contributed by atoms with van der Waals surface area (Å²) in [5.74, 6) is 0. The Bertz CT molecular complexity index is 1140. The Morgan fingerprint density at radius 3 is 2.55 bits per heavy atom. The summed E-state index contributed by atoms with van der Waals surface area (Å²) in [4.78, 5) is 2.46. The standard InChI is InChI=1S/C25H27ClN2O/c1-14(2)10-19-16(4)24-25-20(23(19)17-6-8-18(26)9-7-17)11-15(3)28(25)22-13-29-12-21(22)27(24)5/h6-9,11,21-22H,1,10,12-13H2,2-5H3. The number of hydrogen-bond acceptors (Lipinski definition) is 2. The van der Waals surface area contributed by atoms with Crippen LogP contribution < -0.4 is 4.90 Å². The van der Waals surface area contributed by atoms with E-state index in [0.717, 1.165) is 24.7 Å². The van der Waals surface area contributed by atoms with Crippen LogP contribution in [0.4, 0.5) is 5.69 Å². The van der Waals surface area contributed by atoms with Gasteiger partial charge in [0.25, 0.3) is 0 Å². The molecule has 1 aromatic heterocycles. The molecule has 1 saturated heterocycles. The molecule has 2 aliphatic heterocycles. The van der Waals surface area contributed by atoms with Crippen LogP contribution in [0.3, 0.4) is 0 Å². The number of fused-ring (bicyclic) bond motifs is 2. The van der Waals surface area contributed by atoms with Gasteiger partial charge in [0.15, 0.2) is 0 Å². The summed E-state index contributed by atoms with van der Waals surface area (Å²) in [6.07, 6.45) is 0.870. The molecule has 0 N–H and O–H groups in total. The van der Waals surface area contributed by atoms with E-state index in [4.69, 9.17) is 16.3 Å². The predicted molar refractivity (Wildman–Crippen MR) is 122 cm³/mol. The quantitative estimate of drug-likeness (QED) is 0.490. The van der Waals surface area contributed by atoms with Gasteiger partial charge in [-0.2, -0.15) is 0 Å². The fraction of sp³-hybridized carbons (Fsp3) is 0.360. The zero-order valence-corrected chi connectivity index (χ0v) is 18.3. The maximum absolute atomic E-state index is 6.20. The van der Waals surface area contributed by atoms with Crippen molar-refractivity contribution in [3.8, 4) is 11.1 Å². The van der Waals surface area contributed by atoms with Crippen molar-refractivity contribution in [1.29, 1.82) is 0 Å². The van der Waals surface area contributed by atoms with E-state index < -0.39 is 0 Å². The number of halogens is 1. The second-order valence-electron chi connectivity index (χ2n) is 8.67. The first-order chi connectivity index (χ1) is 13.9. The summed E-state index contributed by atoms with van der Waals surface area (Å²) < 4.78 is 8.45. The van der Waals surface area contributed by atoms with Crippen molar-refractivity contribution in [1.82, 2.24) is 4.57 Å². The number of aromatic nitrogens is 1. The molecule has 0 saturated carbocycles. The maximum atomic E-state index is 6.20. The molecule has 3 aromatic rings. The maximum Gasteiger partial charge on any atom is 0.0799 e. The number of anilines is 1. The highest BCUT2D eigenvalue weighted by molar-refractivity contribution is 6.30. The van der Waals surface area contributed by atoms with E-state index in [-0.39, 0.29) is 0 Å². The van der Waals surface area contributed by atoms with Crippen molar-refractivity contribution in [2.24, 2.45) is 0 Å². The lowest BCUT2D eigenvalue weighted by Crippen LogP contribution is -2.42. The Balaban J connectivity index is 1.91. The van der Waals surface area contributed by atoms with Gasteiger partial charge >= 0.3 is 0 Å². The van der Waals surface area contributed by atoms with Gasteiger partial charge in [0, 0.05) is 23.2 Å². The number of likely N-dealkylation sites (N-methyl/N-ethyl adjacent to an activating group) is 1. The molecular weight excluding hydrogens is 380 g/mol. The first-order valence-corrected chi connectivity index (χ1v) is 10.6. The van der Waals surface area contributed by atoms with Crippen molar-refractivity contribution in [3.63, 3.8) is 0 Å². The lowest BCUT2D eigenvalue weighted by atomic mass is 9.86. The van der Waals surface area contributed by atoms with Gasteiger partial charge in [0.1, 0.15) is 0 Å². The zero-order valence-electron chi connectivity index (χ0n) is 17.6. The Kier molecular flexibility index (Phi) is 4.30. The summed E-state index contributed by atoms with van der Waals surface area (Å²) >= 11 is 6.20. The molecule has 0 radical (unpaired) electrons. The lowest BCUT2D eigenvalue weighted by molar-refractivity contribution is 0.185. The number of ether oxygens (including phenoxy) is 1. The topological polar surface area (TPSA) is 17.4 Å². The minimum atomic E-state index is 0.370. The number of allylic oxidation sites excluding steroid dienone is 1. The van der Waals surface area contributed by atoms with Crippen LogP contribution in [0.2, 0.25) is 5.02 Å². The molecule has 2 atom stereocenters. The average molecular weight is 407 g/mol. The minimum Gasteiger partial charge on any atom is -0.377 e. The van der Waals surface area contributed by atoms with Crippen molar-refractivity contribution in [2.75, 3.05) is 25.2 Å². The van der Waals surface area contributed by atoms with E-state index >= 15 is 0 Å². The van der Waals surface area contributed by atoms with Gasteiger partial charge in [-0.25, -0.2) is 0 Å². The number of hydrogen-bond donors (Lipinski definition) is 0. The summed E-state index contributed by atoms with van der Waals surface area (Å²) in [5, 5.41) is 2.08. The van der Waals surface area contributed by atoms with Crippen molar-refractivity contribution >= 4 is 28.2 Å². The summed E-state index contributed by atoms with van der Waals surface area (Å²) in [6.45, 7) is 12.4. The van der Waals surface area contributed by atoms with E-state index in [2.05, 4.69) is 62.1 Å². The van der Waals surface area contributed by atoms with Gasteiger partial charge in [-0.05, 0) is 67.6 Å². The number of nitrogens with zero attached hydrogens (tertiary/aromatic N) is 2. The molecule has 4 heteroatoms.